The third kappa shape index (κ3) is 4.08. The number of nitrogens with one attached hydrogen (secondary N) is 1. The van der Waals surface area contributed by atoms with Crippen molar-refractivity contribution in [3.63, 3.8) is 0 Å². The lowest BCUT2D eigenvalue weighted by Gasteiger charge is -2.41. The molecule has 18 heavy (non-hydrogen) atoms. The smallest absolute Gasteiger partial charge is 0.0294 e. The van der Waals surface area contributed by atoms with Gasteiger partial charge in [-0.25, -0.2) is 0 Å². The SMILES string of the molecule is CCNC(C1CC(C)CC(C)C1)C1CSCCS1. The van der Waals surface area contributed by atoms with Crippen LogP contribution in [0.15, 0.2) is 0 Å². The van der Waals surface area contributed by atoms with Crippen LogP contribution in [0.4, 0.5) is 0 Å². The summed E-state index contributed by atoms with van der Waals surface area (Å²) in [5, 5.41) is 4.68. The van der Waals surface area contributed by atoms with E-state index in [4.69, 9.17) is 0 Å². The maximum atomic E-state index is 3.83. The molecule has 1 aliphatic carbocycles. The maximum Gasteiger partial charge on any atom is 0.0294 e. The fraction of sp³-hybridized carbons (Fsp3) is 1.00. The van der Waals surface area contributed by atoms with Crippen molar-refractivity contribution < 1.29 is 0 Å². The van der Waals surface area contributed by atoms with Crippen LogP contribution in [0.25, 0.3) is 0 Å². The van der Waals surface area contributed by atoms with Gasteiger partial charge in [0.05, 0.1) is 0 Å². The quantitative estimate of drug-likeness (QED) is 0.842. The van der Waals surface area contributed by atoms with Crippen LogP contribution >= 0.6 is 23.5 Å². The van der Waals surface area contributed by atoms with E-state index < -0.39 is 0 Å². The van der Waals surface area contributed by atoms with Crippen molar-refractivity contribution in [2.45, 2.75) is 51.3 Å². The highest BCUT2D eigenvalue weighted by molar-refractivity contribution is 8.06. The Morgan fingerprint density at radius 3 is 2.39 bits per heavy atom. The minimum absolute atomic E-state index is 0.762. The topological polar surface area (TPSA) is 12.0 Å². The van der Waals surface area contributed by atoms with E-state index in [1.807, 2.05) is 0 Å². The molecule has 0 aromatic carbocycles. The van der Waals surface area contributed by atoms with Crippen LogP contribution in [0.3, 0.4) is 0 Å². The van der Waals surface area contributed by atoms with Gasteiger partial charge in [0.15, 0.2) is 0 Å². The normalized spacial score (nSPS) is 39.5. The molecule has 0 spiro atoms. The second kappa shape index (κ2) is 7.44. The first-order valence-electron chi connectivity index (χ1n) is 7.63. The summed E-state index contributed by atoms with van der Waals surface area (Å²) in [7, 11) is 0. The van der Waals surface area contributed by atoms with Crippen LogP contribution in [0.1, 0.15) is 40.0 Å². The monoisotopic (exact) mass is 287 g/mol. The molecule has 4 atom stereocenters. The molecule has 1 N–H and O–H groups in total. The van der Waals surface area contributed by atoms with Crippen molar-refractivity contribution in [1.29, 1.82) is 0 Å². The van der Waals surface area contributed by atoms with Gasteiger partial charge >= 0.3 is 0 Å². The van der Waals surface area contributed by atoms with Gasteiger partial charge in [0.25, 0.3) is 0 Å². The Kier molecular flexibility index (Phi) is 6.23. The van der Waals surface area contributed by atoms with Gasteiger partial charge in [0.2, 0.25) is 0 Å². The minimum Gasteiger partial charge on any atom is -0.313 e. The molecule has 2 rings (SSSR count). The van der Waals surface area contributed by atoms with Gasteiger partial charge < -0.3 is 5.32 Å². The Morgan fingerprint density at radius 1 is 1.11 bits per heavy atom. The zero-order valence-electron chi connectivity index (χ0n) is 12.2. The highest BCUT2D eigenvalue weighted by atomic mass is 32.2. The molecule has 0 radical (unpaired) electrons. The number of hydrogen-bond acceptors (Lipinski definition) is 3. The van der Waals surface area contributed by atoms with E-state index in [1.165, 1.54) is 36.5 Å². The minimum atomic E-state index is 0.762. The molecule has 0 bridgehead atoms. The average Bonchev–Trinajstić information content (AvgIpc) is 2.36. The van der Waals surface area contributed by atoms with Gasteiger partial charge in [-0.15, -0.1) is 0 Å². The average molecular weight is 288 g/mol. The van der Waals surface area contributed by atoms with Gasteiger partial charge in [0.1, 0.15) is 0 Å². The largest absolute Gasteiger partial charge is 0.313 e. The van der Waals surface area contributed by atoms with E-state index in [0.29, 0.717) is 0 Å². The van der Waals surface area contributed by atoms with Crippen LogP contribution < -0.4 is 5.32 Å². The molecular weight excluding hydrogens is 258 g/mol. The van der Waals surface area contributed by atoms with E-state index in [1.54, 1.807) is 0 Å². The maximum absolute atomic E-state index is 3.83. The number of rotatable bonds is 4. The predicted octanol–water partition coefficient (Wildman–Crippen LogP) is 3.89. The molecule has 4 unspecified atom stereocenters. The summed E-state index contributed by atoms with van der Waals surface area (Å²) < 4.78 is 0. The molecule has 0 aromatic heterocycles. The Hall–Kier alpha value is 0.660. The van der Waals surface area contributed by atoms with Gasteiger partial charge in [-0.05, 0) is 43.6 Å². The summed E-state index contributed by atoms with van der Waals surface area (Å²) in [4.78, 5) is 0. The van der Waals surface area contributed by atoms with Crippen molar-refractivity contribution in [1.82, 2.24) is 5.32 Å². The first-order chi connectivity index (χ1) is 8.70. The van der Waals surface area contributed by atoms with Crippen LogP contribution in [0, 0.1) is 17.8 Å². The molecule has 1 saturated heterocycles. The third-order valence-electron chi connectivity index (χ3n) is 4.40. The molecule has 0 aromatic rings. The lowest BCUT2D eigenvalue weighted by Crippen LogP contribution is -2.48. The van der Waals surface area contributed by atoms with Crippen LogP contribution in [0.5, 0.6) is 0 Å². The molecule has 0 amide bonds. The molecule has 1 saturated carbocycles. The Balaban J connectivity index is 1.98. The molecule has 2 fully saturated rings. The Labute approximate surface area is 122 Å². The Morgan fingerprint density at radius 2 is 1.83 bits per heavy atom. The van der Waals surface area contributed by atoms with Crippen molar-refractivity contribution in [3.8, 4) is 0 Å². The zero-order chi connectivity index (χ0) is 13.0. The number of thioether (sulfide) groups is 2. The van der Waals surface area contributed by atoms with Crippen LogP contribution in [0.2, 0.25) is 0 Å². The summed E-state index contributed by atoms with van der Waals surface area (Å²) in [5.74, 6) is 6.86. The molecule has 1 heterocycles. The molecule has 2 aliphatic rings. The highest BCUT2D eigenvalue weighted by Crippen LogP contribution is 2.39. The second-order valence-electron chi connectivity index (χ2n) is 6.25. The first-order valence-corrected chi connectivity index (χ1v) is 9.83. The summed E-state index contributed by atoms with van der Waals surface area (Å²) >= 11 is 4.39. The van der Waals surface area contributed by atoms with E-state index in [0.717, 1.165) is 35.6 Å². The number of hydrogen-bond donors (Lipinski definition) is 1. The first kappa shape index (κ1) is 15.1. The molecule has 106 valence electrons. The standard InChI is InChI=1S/C15H29NS2/c1-4-16-15(14-10-17-5-6-18-14)13-8-11(2)7-12(3)9-13/h11-16H,4-10H2,1-3H3. The lowest BCUT2D eigenvalue weighted by atomic mass is 9.73. The van der Waals surface area contributed by atoms with E-state index in [9.17, 15) is 0 Å². The van der Waals surface area contributed by atoms with Crippen molar-refractivity contribution in [2.75, 3.05) is 23.8 Å². The fourth-order valence-corrected chi connectivity index (χ4v) is 6.82. The van der Waals surface area contributed by atoms with Crippen molar-refractivity contribution in [2.24, 2.45) is 17.8 Å². The van der Waals surface area contributed by atoms with Gasteiger partial charge in [-0.1, -0.05) is 20.8 Å². The zero-order valence-corrected chi connectivity index (χ0v) is 13.8. The highest BCUT2D eigenvalue weighted by Gasteiger charge is 2.34. The van der Waals surface area contributed by atoms with Crippen LogP contribution in [-0.2, 0) is 0 Å². The summed E-state index contributed by atoms with van der Waals surface area (Å²) in [6.45, 7) is 8.30. The Bertz CT molecular complexity index is 231. The van der Waals surface area contributed by atoms with Gasteiger partial charge in [-0.3, -0.25) is 0 Å². The van der Waals surface area contributed by atoms with Gasteiger partial charge in [0, 0.05) is 28.6 Å². The summed E-state index contributed by atoms with van der Waals surface area (Å²) in [6, 6.07) is 0.762. The molecular formula is C15H29NS2. The predicted molar refractivity (Wildman–Crippen MR) is 86.7 cm³/mol. The second-order valence-corrected chi connectivity index (χ2v) is 8.74. The summed E-state index contributed by atoms with van der Waals surface area (Å²) in [6.07, 6.45) is 4.34. The van der Waals surface area contributed by atoms with E-state index in [-0.39, 0.29) is 0 Å². The summed E-state index contributed by atoms with van der Waals surface area (Å²) in [5.41, 5.74) is 0. The van der Waals surface area contributed by atoms with Gasteiger partial charge in [-0.2, -0.15) is 23.5 Å². The third-order valence-corrected chi connectivity index (χ3v) is 7.29. The molecule has 1 nitrogen and oxygen atoms in total. The van der Waals surface area contributed by atoms with E-state index in [2.05, 4.69) is 49.6 Å². The van der Waals surface area contributed by atoms with E-state index >= 15 is 0 Å². The lowest BCUT2D eigenvalue weighted by molar-refractivity contribution is 0.177. The van der Waals surface area contributed by atoms with Crippen molar-refractivity contribution >= 4 is 23.5 Å². The fourth-order valence-electron chi connectivity index (χ4n) is 3.85. The van der Waals surface area contributed by atoms with Crippen LogP contribution in [-0.4, -0.2) is 35.1 Å². The molecule has 1 aliphatic heterocycles. The molecule has 3 heteroatoms. The van der Waals surface area contributed by atoms with Crippen molar-refractivity contribution in [3.05, 3.63) is 0 Å².